The highest BCUT2D eigenvalue weighted by atomic mass is 32.2. The molecule has 43 heavy (non-hydrogen) atoms. The highest BCUT2D eigenvalue weighted by Gasteiger charge is 2.26. The smallest absolute Gasteiger partial charge is 0.264 e. The zero-order valence-electron chi connectivity index (χ0n) is 22.2. The van der Waals surface area contributed by atoms with E-state index >= 15 is 0 Å². The van der Waals surface area contributed by atoms with Crippen molar-refractivity contribution >= 4 is 59.1 Å². The highest BCUT2D eigenvalue weighted by Crippen LogP contribution is 2.43. The van der Waals surface area contributed by atoms with Crippen LogP contribution in [0.5, 0.6) is 11.6 Å². The molecule has 5 heterocycles. The second-order valence-corrected chi connectivity index (χ2v) is 12.0. The number of sulfonamides is 1. The second-order valence-electron chi connectivity index (χ2n) is 9.33. The van der Waals surface area contributed by atoms with Crippen molar-refractivity contribution < 1.29 is 26.7 Å². The number of anilines is 3. The molecule has 1 aliphatic rings. The first kappa shape index (κ1) is 26.9. The number of hydrogen-bond donors (Lipinski definition) is 1. The Morgan fingerprint density at radius 2 is 1.84 bits per heavy atom. The van der Waals surface area contributed by atoms with Gasteiger partial charge >= 0.3 is 0 Å². The molecule has 1 N–H and O–H groups in total. The highest BCUT2D eigenvalue weighted by molar-refractivity contribution is 7.92. The van der Waals surface area contributed by atoms with Crippen molar-refractivity contribution in [2.24, 2.45) is 0 Å². The van der Waals surface area contributed by atoms with E-state index in [1.807, 2.05) is 23.1 Å². The largest absolute Gasteiger partial charge is 0.490 e. The van der Waals surface area contributed by atoms with Crippen molar-refractivity contribution in [3.05, 3.63) is 79.0 Å². The number of ether oxygens (including phenoxy) is 2. The van der Waals surface area contributed by atoms with E-state index in [1.165, 1.54) is 37.0 Å². The molecule has 0 radical (unpaired) electrons. The molecule has 0 amide bonds. The van der Waals surface area contributed by atoms with Gasteiger partial charge in [-0.3, -0.25) is 4.72 Å². The average molecular weight is 620 g/mol. The van der Waals surface area contributed by atoms with E-state index in [4.69, 9.17) is 9.47 Å². The summed E-state index contributed by atoms with van der Waals surface area (Å²) in [5.74, 6) is -0.846. The molecule has 15 heteroatoms. The molecule has 11 nitrogen and oxygen atoms in total. The van der Waals surface area contributed by atoms with Crippen LogP contribution in [0.4, 0.5) is 26.0 Å². The third kappa shape index (κ3) is 4.71. The number of methoxy groups -OCH3 is 1. The Balaban J connectivity index is 1.29. The lowest BCUT2D eigenvalue weighted by Gasteiger charge is -2.31. The summed E-state index contributed by atoms with van der Waals surface area (Å²) in [5.41, 5.74) is 3.33. The molecule has 7 rings (SSSR count). The summed E-state index contributed by atoms with van der Waals surface area (Å²) in [5, 5.41) is 0. The number of thiophene rings is 1. The molecule has 0 unspecified atom stereocenters. The quantitative estimate of drug-likeness (QED) is 0.261. The molecule has 0 atom stereocenters. The zero-order valence-corrected chi connectivity index (χ0v) is 23.8. The molecule has 0 saturated heterocycles. The van der Waals surface area contributed by atoms with Gasteiger partial charge in [-0.1, -0.05) is 6.07 Å². The van der Waals surface area contributed by atoms with Crippen molar-refractivity contribution in [3.63, 3.8) is 0 Å². The fraction of sp³-hybridized carbons (Fsp3) is 0.107. The Morgan fingerprint density at radius 1 is 0.977 bits per heavy atom. The lowest BCUT2D eigenvalue weighted by atomic mass is 10.0. The minimum absolute atomic E-state index is 0.0302. The Labute approximate surface area is 246 Å². The third-order valence-electron chi connectivity index (χ3n) is 6.76. The summed E-state index contributed by atoms with van der Waals surface area (Å²) in [6.45, 7) is 0.933. The summed E-state index contributed by atoms with van der Waals surface area (Å²) in [6, 6.07) is 9.24. The van der Waals surface area contributed by atoms with Crippen LogP contribution in [0, 0.1) is 11.6 Å². The van der Waals surface area contributed by atoms with Gasteiger partial charge in [-0.15, -0.1) is 11.3 Å². The molecule has 0 spiro atoms. The minimum Gasteiger partial charge on any atom is -0.490 e. The van der Waals surface area contributed by atoms with E-state index < -0.39 is 26.6 Å². The van der Waals surface area contributed by atoms with Crippen molar-refractivity contribution in [2.75, 3.05) is 29.9 Å². The van der Waals surface area contributed by atoms with Crippen LogP contribution in [0.2, 0.25) is 0 Å². The van der Waals surface area contributed by atoms with Crippen molar-refractivity contribution in [1.82, 2.24) is 24.9 Å². The fourth-order valence-corrected chi connectivity index (χ4v) is 7.00. The van der Waals surface area contributed by atoms with Crippen molar-refractivity contribution in [1.29, 1.82) is 0 Å². The number of benzene rings is 2. The molecule has 1 aliphatic heterocycles. The van der Waals surface area contributed by atoms with Gasteiger partial charge in [0, 0.05) is 30.2 Å². The van der Waals surface area contributed by atoms with Crippen LogP contribution in [-0.2, 0) is 10.0 Å². The van der Waals surface area contributed by atoms with E-state index in [0.717, 1.165) is 27.4 Å². The van der Waals surface area contributed by atoms with Gasteiger partial charge < -0.3 is 14.4 Å². The molecule has 2 aromatic carbocycles. The average Bonchev–Trinajstić information content (AvgIpc) is 3.39. The van der Waals surface area contributed by atoms with Crippen molar-refractivity contribution in [2.45, 2.75) is 4.90 Å². The molecule has 0 saturated carbocycles. The molecule has 4 aromatic heterocycles. The Morgan fingerprint density at radius 3 is 2.67 bits per heavy atom. The van der Waals surface area contributed by atoms with E-state index in [9.17, 15) is 17.2 Å². The Hall–Kier alpha value is -5.02. The summed E-state index contributed by atoms with van der Waals surface area (Å²) in [7, 11) is -3.12. The maximum Gasteiger partial charge on any atom is 0.264 e. The molecule has 0 bridgehead atoms. The van der Waals surface area contributed by atoms with E-state index in [1.54, 1.807) is 12.4 Å². The number of halogens is 2. The third-order valence-corrected chi connectivity index (χ3v) is 9.23. The first-order valence-electron chi connectivity index (χ1n) is 12.7. The van der Waals surface area contributed by atoms with Gasteiger partial charge in [0.25, 0.3) is 10.0 Å². The molecule has 0 aliphatic carbocycles. The van der Waals surface area contributed by atoms with Crippen molar-refractivity contribution in [3.8, 4) is 22.8 Å². The van der Waals surface area contributed by atoms with Crippen LogP contribution >= 0.6 is 11.3 Å². The predicted octanol–water partition coefficient (Wildman–Crippen LogP) is 5.31. The SMILES string of the molecule is COc1ncc(-c2ccc3c(c2)N(c2ncnc4c2sc2nccnc24)CCO3)cc1NS(=O)(=O)c1ccc(F)cc1F. The number of pyridine rings is 1. The van der Waals surface area contributed by atoms with Gasteiger partial charge in [-0.2, -0.15) is 0 Å². The lowest BCUT2D eigenvalue weighted by Crippen LogP contribution is -2.29. The first-order valence-corrected chi connectivity index (χ1v) is 15.0. The van der Waals surface area contributed by atoms with Gasteiger partial charge in [0.15, 0.2) is 5.82 Å². The maximum absolute atomic E-state index is 14.3. The normalized spacial score (nSPS) is 13.1. The standard InChI is InChI=1S/C28H19F2N7O4S2/c1-40-27-19(36-43(38,39)22-5-3-17(29)12-18(22)30)10-16(13-33-27)15-2-4-21-20(11-15)37(8-9-41-21)26-25-23(34-14-35-26)24-28(42-25)32-7-6-31-24/h2-7,10-14,36H,8-9H2,1H3. The topological polar surface area (TPSA) is 132 Å². The van der Waals surface area contributed by atoms with Crippen LogP contribution in [0.25, 0.3) is 31.7 Å². The second kappa shape index (κ2) is 10.4. The van der Waals surface area contributed by atoms with E-state index in [0.29, 0.717) is 52.9 Å². The summed E-state index contributed by atoms with van der Waals surface area (Å²) in [4.78, 5) is 24.2. The number of hydrogen-bond acceptors (Lipinski definition) is 11. The number of nitrogens with one attached hydrogen (secondary N) is 1. The monoisotopic (exact) mass is 619 g/mol. The van der Waals surface area contributed by atoms with Gasteiger partial charge in [0.05, 0.1) is 19.3 Å². The molecular formula is C28H19F2N7O4S2. The summed E-state index contributed by atoms with van der Waals surface area (Å²) in [6.07, 6.45) is 6.28. The lowest BCUT2D eigenvalue weighted by molar-refractivity contribution is 0.314. The number of fused-ring (bicyclic) bond motifs is 4. The van der Waals surface area contributed by atoms with Gasteiger partial charge in [-0.05, 0) is 35.9 Å². The van der Waals surface area contributed by atoms with Gasteiger partial charge in [0.2, 0.25) is 5.88 Å². The van der Waals surface area contributed by atoms with Crippen LogP contribution in [0.3, 0.4) is 0 Å². The van der Waals surface area contributed by atoms with Crippen LogP contribution in [0.15, 0.2) is 72.3 Å². The summed E-state index contributed by atoms with van der Waals surface area (Å²) < 4.78 is 68.1. The number of aromatic nitrogens is 5. The predicted molar refractivity (Wildman–Crippen MR) is 156 cm³/mol. The Kier molecular flexibility index (Phi) is 6.47. The molecule has 0 fully saturated rings. The van der Waals surface area contributed by atoms with E-state index in [2.05, 4.69) is 29.6 Å². The fourth-order valence-electron chi connectivity index (χ4n) is 4.83. The van der Waals surface area contributed by atoms with Crippen LogP contribution < -0.4 is 19.1 Å². The Bertz CT molecular complexity index is 2160. The van der Waals surface area contributed by atoms with Crippen LogP contribution in [-0.4, -0.2) is 53.6 Å². The molecule has 6 aromatic rings. The minimum atomic E-state index is -4.45. The molecule has 216 valence electrons. The maximum atomic E-state index is 14.3. The summed E-state index contributed by atoms with van der Waals surface area (Å²) >= 11 is 1.45. The molecular weight excluding hydrogens is 600 g/mol. The van der Waals surface area contributed by atoms with Gasteiger partial charge in [-0.25, -0.2) is 42.1 Å². The van der Waals surface area contributed by atoms with Crippen LogP contribution in [0.1, 0.15) is 0 Å². The number of rotatable bonds is 6. The first-order chi connectivity index (χ1) is 20.8. The van der Waals surface area contributed by atoms with Gasteiger partial charge in [0.1, 0.15) is 61.5 Å². The number of nitrogens with zero attached hydrogens (tertiary/aromatic N) is 6. The van der Waals surface area contributed by atoms with E-state index in [-0.39, 0.29) is 11.6 Å². The zero-order chi connectivity index (χ0) is 29.7.